The topological polar surface area (TPSA) is 71.0 Å². The normalized spacial score (nSPS) is 17.1. The fraction of sp³-hybridized carbons (Fsp3) is 0.438. The number of H-pyrrole nitrogens is 1. The predicted octanol–water partition coefficient (Wildman–Crippen LogP) is 1.98. The van der Waals surface area contributed by atoms with Gasteiger partial charge in [-0.3, -0.25) is 9.36 Å². The number of anilines is 1. The van der Waals surface area contributed by atoms with Crippen LogP contribution in [-0.4, -0.2) is 33.0 Å². The van der Waals surface area contributed by atoms with E-state index < -0.39 is 0 Å². The van der Waals surface area contributed by atoms with E-state index in [4.69, 9.17) is 0 Å². The summed E-state index contributed by atoms with van der Waals surface area (Å²) in [6.45, 7) is 0.756. The highest BCUT2D eigenvalue weighted by Crippen LogP contribution is 2.36. The highest BCUT2D eigenvalue weighted by molar-refractivity contribution is 7.99. The summed E-state index contributed by atoms with van der Waals surface area (Å²) >= 11 is 1.34. The number of carbonyl (C=O) groups excluding carboxylic acids is 1. The molecule has 2 aromatic rings. The summed E-state index contributed by atoms with van der Waals surface area (Å²) in [4.78, 5) is 26.2. The van der Waals surface area contributed by atoms with Crippen molar-refractivity contribution in [3.05, 3.63) is 40.3 Å². The van der Waals surface area contributed by atoms with Gasteiger partial charge in [0.05, 0.1) is 5.75 Å². The summed E-state index contributed by atoms with van der Waals surface area (Å²) in [5.74, 6) is 0.366. The number of fused-ring (bicyclic) bond motifs is 1. The van der Waals surface area contributed by atoms with E-state index in [1.165, 1.54) is 17.3 Å². The maximum atomic E-state index is 12.6. The Hall–Kier alpha value is -2.02. The number of amides is 1. The molecule has 2 aliphatic rings. The van der Waals surface area contributed by atoms with E-state index in [1.54, 1.807) is 4.57 Å². The Bertz CT molecular complexity index is 793. The van der Waals surface area contributed by atoms with Gasteiger partial charge in [-0.1, -0.05) is 30.0 Å². The van der Waals surface area contributed by atoms with Crippen LogP contribution in [0.3, 0.4) is 0 Å². The van der Waals surface area contributed by atoms with Crippen LogP contribution in [-0.2, 0) is 11.2 Å². The van der Waals surface area contributed by atoms with Gasteiger partial charge in [0, 0.05) is 18.3 Å². The molecule has 1 aromatic carbocycles. The molecule has 23 heavy (non-hydrogen) atoms. The van der Waals surface area contributed by atoms with Crippen molar-refractivity contribution in [3.63, 3.8) is 0 Å². The zero-order valence-electron chi connectivity index (χ0n) is 12.7. The molecule has 7 heteroatoms. The summed E-state index contributed by atoms with van der Waals surface area (Å²) in [6, 6.07) is 8.33. The molecule has 0 bridgehead atoms. The van der Waals surface area contributed by atoms with E-state index in [0.29, 0.717) is 10.9 Å². The molecule has 0 atom stereocenters. The molecule has 1 fully saturated rings. The average molecular weight is 330 g/mol. The molecule has 6 nitrogen and oxygen atoms in total. The molecule has 0 radical (unpaired) electrons. The third kappa shape index (κ3) is 2.81. The van der Waals surface area contributed by atoms with Crippen molar-refractivity contribution in [1.29, 1.82) is 0 Å². The van der Waals surface area contributed by atoms with Crippen LogP contribution in [0.25, 0.3) is 0 Å². The van der Waals surface area contributed by atoms with E-state index >= 15 is 0 Å². The van der Waals surface area contributed by atoms with E-state index in [0.717, 1.165) is 37.9 Å². The number of aromatic nitrogens is 3. The lowest BCUT2D eigenvalue weighted by atomic mass is 10.0. The standard InChI is InChI=1S/C16H18N4O2S/c21-14(19-9-3-5-11-4-1-2-6-13(11)19)10-23-16-18-17-15(22)20(16)12-7-8-12/h1-2,4,6,12H,3,5,7-10H2,(H,17,22). The Morgan fingerprint density at radius 2 is 2.17 bits per heavy atom. The molecule has 2 heterocycles. The first-order chi connectivity index (χ1) is 11.2. The third-order valence-electron chi connectivity index (χ3n) is 4.32. The number of nitrogens with one attached hydrogen (secondary N) is 1. The quantitative estimate of drug-likeness (QED) is 0.870. The molecule has 1 aliphatic carbocycles. The predicted molar refractivity (Wildman–Crippen MR) is 89.0 cm³/mol. The van der Waals surface area contributed by atoms with Gasteiger partial charge in [-0.2, -0.15) is 0 Å². The number of nitrogens with zero attached hydrogens (tertiary/aromatic N) is 3. The number of rotatable bonds is 4. The van der Waals surface area contributed by atoms with Crippen molar-refractivity contribution in [2.45, 2.75) is 36.9 Å². The Kier molecular flexibility index (Phi) is 3.72. The molecule has 0 spiro atoms. The number of hydrogen-bond acceptors (Lipinski definition) is 4. The van der Waals surface area contributed by atoms with Gasteiger partial charge < -0.3 is 4.90 Å². The second-order valence-electron chi connectivity index (χ2n) is 5.98. The van der Waals surface area contributed by atoms with Gasteiger partial charge in [0.15, 0.2) is 5.16 Å². The average Bonchev–Trinajstić information content (AvgIpc) is 3.35. The number of para-hydroxylation sites is 1. The van der Waals surface area contributed by atoms with E-state index in [2.05, 4.69) is 16.3 Å². The lowest BCUT2D eigenvalue weighted by Gasteiger charge is -2.29. The van der Waals surface area contributed by atoms with Crippen LogP contribution in [0.4, 0.5) is 5.69 Å². The highest BCUT2D eigenvalue weighted by atomic mass is 32.2. The van der Waals surface area contributed by atoms with E-state index in [-0.39, 0.29) is 17.6 Å². The fourth-order valence-electron chi connectivity index (χ4n) is 3.04. The van der Waals surface area contributed by atoms with Crippen molar-refractivity contribution >= 4 is 23.4 Å². The Labute approximate surface area is 137 Å². The Balaban J connectivity index is 1.48. The Morgan fingerprint density at radius 1 is 1.35 bits per heavy atom. The van der Waals surface area contributed by atoms with Gasteiger partial charge in [-0.25, -0.2) is 9.89 Å². The van der Waals surface area contributed by atoms with Gasteiger partial charge in [0.25, 0.3) is 0 Å². The maximum Gasteiger partial charge on any atom is 0.344 e. The minimum Gasteiger partial charge on any atom is -0.311 e. The van der Waals surface area contributed by atoms with E-state index in [9.17, 15) is 9.59 Å². The van der Waals surface area contributed by atoms with Crippen molar-refractivity contribution in [1.82, 2.24) is 14.8 Å². The minimum atomic E-state index is -0.175. The minimum absolute atomic E-state index is 0.0694. The maximum absolute atomic E-state index is 12.6. The Morgan fingerprint density at radius 3 is 3.00 bits per heavy atom. The summed E-state index contributed by atoms with van der Waals surface area (Å²) < 4.78 is 1.68. The molecule has 120 valence electrons. The summed E-state index contributed by atoms with van der Waals surface area (Å²) in [6.07, 6.45) is 4.04. The molecule has 1 aliphatic heterocycles. The van der Waals surface area contributed by atoms with Gasteiger partial charge in [-0.05, 0) is 37.3 Å². The first-order valence-corrected chi connectivity index (χ1v) is 8.90. The number of benzene rings is 1. The second-order valence-corrected chi connectivity index (χ2v) is 6.92. The number of hydrogen-bond donors (Lipinski definition) is 1. The second kappa shape index (κ2) is 5.88. The summed E-state index contributed by atoms with van der Waals surface area (Å²) in [7, 11) is 0. The molecule has 1 amide bonds. The molecule has 1 N–H and O–H groups in total. The van der Waals surface area contributed by atoms with Gasteiger partial charge in [-0.15, -0.1) is 5.10 Å². The molecular formula is C16H18N4O2S. The monoisotopic (exact) mass is 330 g/mol. The number of aromatic amines is 1. The fourth-order valence-corrected chi connectivity index (χ4v) is 3.93. The molecule has 0 saturated heterocycles. The van der Waals surface area contributed by atoms with Gasteiger partial charge in [0.2, 0.25) is 5.91 Å². The third-order valence-corrected chi connectivity index (χ3v) is 5.26. The summed E-state index contributed by atoms with van der Waals surface area (Å²) in [5.41, 5.74) is 2.07. The molecule has 4 rings (SSSR count). The van der Waals surface area contributed by atoms with Crippen LogP contribution in [0.1, 0.15) is 30.9 Å². The molecule has 1 saturated carbocycles. The molecular weight excluding hydrogens is 312 g/mol. The van der Waals surface area contributed by atoms with Crippen LogP contribution in [0.2, 0.25) is 0 Å². The summed E-state index contributed by atoms with van der Waals surface area (Å²) in [5, 5.41) is 7.17. The number of thioether (sulfide) groups is 1. The van der Waals surface area contributed by atoms with Crippen molar-refractivity contribution < 1.29 is 4.79 Å². The largest absolute Gasteiger partial charge is 0.344 e. The smallest absolute Gasteiger partial charge is 0.311 e. The van der Waals surface area contributed by atoms with E-state index in [1.807, 2.05) is 23.1 Å². The highest BCUT2D eigenvalue weighted by Gasteiger charge is 2.29. The van der Waals surface area contributed by atoms with Gasteiger partial charge in [0.1, 0.15) is 0 Å². The first-order valence-electron chi connectivity index (χ1n) is 7.92. The van der Waals surface area contributed by atoms with Gasteiger partial charge >= 0.3 is 5.69 Å². The molecule has 1 aromatic heterocycles. The van der Waals surface area contributed by atoms with Crippen molar-refractivity contribution in [2.24, 2.45) is 0 Å². The van der Waals surface area contributed by atoms with Crippen LogP contribution in [0.15, 0.2) is 34.2 Å². The van der Waals surface area contributed by atoms with Crippen LogP contribution < -0.4 is 10.6 Å². The lowest BCUT2D eigenvalue weighted by Crippen LogP contribution is -2.36. The van der Waals surface area contributed by atoms with Crippen LogP contribution in [0.5, 0.6) is 0 Å². The van der Waals surface area contributed by atoms with Crippen LogP contribution in [0, 0.1) is 0 Å². The number of carbonyl (C=O) groups is 1. The molecule has 0 unspecified atom stereocenters. The van der Waals surface area contributed by atoms with Crippen LogP contribution >= 0.6 is 11.8 Å². The zero-order chi connectivity index (χ0) is 15.8. The first kappa shape index (κ1) is 14.6. The zero-order valence-corrected chi connectivity index (χ0v) is 13.5. The van der Waals surface area contributed by atoms with Crippen molar-refractivity contribution in [3.8, 4) is 0 Å². The number of aryl methyl sites for hydroxylation is 1. The van der Waals surface area contributed by atoms with Crippen molar-refractivity contribution in [2.75, 3.05) is 17.2 Å². The lowest BCUT2D eigenvalue weighted by molar-refractivity contribution is -0.116. The SMILES string of the molecule is O=C(CSc1n[nH]c(=O)n1C1CC1)N1CCCc2ccccc21.